The van der Waals surface area contributed by atoms with E-state index in [1.165, 1.54) is 42.5 Å². The third-order valence-electron chi connectivity index (χ3n) is 8.48. The third kappa shape index (κ3) is 8.86. The van der Waals surface area contributed by atoms with Crippen molar-refractivity contribution in [2.24, 2.45) is 0 Å². The number of hydrogen-bond acceptors (Lipinski definition) is 8. The van der Waals surface area contributed by atoms with Gasteiger partial charge in [0.2, 0.25) is 26.0 Å². The minimum Gasteiger partial charge on any atom is -0.353 e. The summed E-state index contributed by atoms with van der Waals surface area (Å²) in [5, 5.41) is 5.22. The zero-order chi connectivity index (χ0) is 36.7. The van der Waals surface area contributed by atoms with Crippen molar-refractivity contribution in [1.82, 2.24) is 19.2 Å². The Morgan fingerprint density at radius 3 is 1.54 bits per heavy atom. The van der Waals surface area contributed by atoms with E-state index in [4.69, 9.17) is 0 Å². The van der Waals surface area contributed by atoms with Crippen LogP contribution in [0.1, 0.15) is 16.7 Å². The molecule has 4 rings (SSSR count). The molecule has 13 nitrogen and oxygen atoms in total. The van der Waals surface area contributed by atoms with Crippen molar-refractivity contribution in [3.63, 3.8) is 0 Å². The molecule has 1 atom stereocenters. The van der Waals surface area contributed by atoms with Gasteiger partial charge in [0.1, 0.15) is 18.0 Å². The highest BCUT2D eigenvalue weighted by atomic mass is 32.2. The topological polar surface area (TPSA) is 167 Å². The fourth-order valence-electron chi connectivity index (χ4n) is 5.52. The molecule has 1 aliphatic rings. The summed E-state index contributed by atoms with van der Waals surface area (Å²) in [6, 6.07) is 18.2. The molecule has 1 fully saturated rings. The normalized spacial score (nSPS) is 19.8. The molecule has 0 saturated carbocycles. The second-order valence-electron chi connectivity index (χ2n) is 12.3. The molecule has 0 spiro atoms. The first-order valence-corrected chi connectivity index (χ1v) is 20.3. The molecule has 0 bridgehead atoms. The molecular weight excluding hydrogens is 703 g/mol. The molecule has 3 aromatic rings. The molecule has 50 heavy (non-hydrogen) atoms. The smallest absolute Gasteiger partial charge is 0.328 e. The van der Waals surface area contributed by atoms with Gasteiger partial charge in [0.05, 0.1) is 22.9 Å². The summed E-state index contributed by atoms with van der Waals surface area (Å²) < 4.78 is 86.1. The number of nitrogens with zero attached hydrogens (tertiary/aromatic N) is 3. The minimum absolute atomic E-state index is 0.0637. The molecule has 0 radical (unpaired) electrons. The molecule has 2 amide bonds. The predicted molar refractivity (Wildman–Crippen MR) is 189 cm³/mol. The molecule has 16 heteroatoms. The van der Waals surface area contributed by atoms with Crippen molar-refractivity contribution in [2.45, 2.75) is 35.5 Å². The van der Waals surface area contributed by atoms with Gasteiger partial charge in [0.15, 0.2) is 6.54 Å². The van der Waals surface area contributed by atoms with Crippen LogP contribution >= 0.6 is 0 Å². The van der Waals surface area contributed by atoms with Crippen LogP contribution in [-0.2, 0) is 39.7 Å². The highest BCUT2D eigenvalue weighted by molar-refractivity contribution is 7.89. The van der Waals surface area contributed by atoms with E-state index in [1.54, 1.807) is 57.2 Å². The van der Waals surface area contributed by atoms with Gasteiger partial charge in [-0.3, -0.25) is 9.59 Å². The zero-order valence-electron chi connectivity index (χ0n) is 28.4. The zero-order valence-corrected chi connectivity index (χ0v) is 30.9. The van der Waals surface area contributed by atoms with Gasteiger partial charge in [-0.25, -0.2) is 20.7 Å². The lowest BCUT2D eigenvalue weighted by atomic mass is 10.2. The van der Waals surface area contributed by atoms with Crippen LogP contribution in [-0.4, -0.2) is 108 Å². The average Bonchev–Trinajstić information content (AvgIpc) is 3.06. The molecule has 0 aromatic heterocycles. The Kier molecular flexibility index (Phi) is 12.4. The fraction of sp³-hybridized carbons (Fsp3) is 0.353. The van der Waals surface area contributed by atoms with Crippen LogP contribution in [0.2, 0.25) is 0 Å². The highest BCUT2D eigenvalue weighted by Crippen LogP contribution is 2.27. The van der Waals surface area contributed by atoms with Crippen LogP contribution < -0.4 is 10.6 Å². The lowest BCUT2D eigenvalue weighted by molar-refractivity contribution is -0.791. The summed E-state index contributed by atoms with van der Waals surface area (Å²) in [4.78, 5) is 26.1. The molecule has 1 saturated heterocycles. The Hall–Kier alpha value is -3.93. The quantitative estimate of drug-likeness (QED) is 0.261. The number of carbonyl (C=O) groups excluding carboxylic acids is 2. The van der Waals surface area contributed by atoms with Gasteiger partial charge in [-0.1, -0.05) is 59.7 Å². The molecule has 1 heterocycles. The van der Waals surface area contributed by atoms with Gasteiger partial charge in [0.25, 0.3) is 5.91 Å². The number of amides is 2. The average molecular weight is 747 g/mol. The lowest BCUT2D eigenvalue weighted by Gasteiger charge is -2.37. The van der Waals surface area contributed by atoms with E-state index in [-0.39, 0.29) is 40.9 Å². The standard InChI is InChI=1S/C34H43N5O8S3/c1-5-23-39(50(46,47)32-16-10-29(4)11-17-32)24-22-37(48(42,43)30-12-6-27(2)7-13-30)20-21-38(25-33(40)35-18-19-36-34(41)26-39)49(44,45)31-14-8-28(3)9-15-31/h5-17H,1,18-26H2,2-4H3,(H-,35,36,40,41)/p+1. The molecule has 1 aliphatic heterocycles. The van der Waals surface area contributed by atoms with Crippen molar-refractivity contribution in [1.29, 1.82) is 0 Å². The molecule has 0 aliphatic carbocycles. The Morgan fingerprint density at radius 2 is 1.06 bits per heavy atom. The number of rotatable bonds is 8. The van der Waals surface area contributed by atoms with Gasteiger partial charge in [-0.15, -0.1) is 0 Å². The summed E-state index contributed by atoms with van der Waals surface area (Å²) in [6.45, 7) is 5.89. The van der Waals surface area contributed by atoms with Crippen molar-refractivity contribution in [2.75, 3.05) is 58.9 Å². The predicted octanol–water partition coefficient (Wildman–Crippen LogP) is 1.93. The first kappa shape index (κ1) is 38.9. The summed E-state index contributed by atoms with van der Waals surface area (Å²) in [5.41, 5.74) is 2.44. The van der Waals surface area contributed by atoms with Crippen LogP contribution in [0.3, 0.4) is 0 Å². The number of nitrogens with one attached hydrogen (secondary N) is 2. The highest BCUT2D eigenvalue weighted by Gasteiger charge is 2.45. The number of sulfonamides is 3. The van der Waals surface area contributed by atoms with E-state index in [2.05, 4.69) is 17.2 Å². The number of aryl methyl sites for hydroxylation is 3. The molecule has 1 unspecified atom stereocenters. The summed E-state index contributed by atoms with van der Waals surface area (Å²) in [5.74, 6) is -1.32. The van der Waals surface area contributed by atoms with E-state index in [1.807, 2.05) is 0 Å². The first-order chi connectivity index (χ1) is 23.5. The first-order valence-electron chi connectivity index (χ1n) is 16.0. The monoisotopic (exact) mass is 746 g/mol. The van der Waals surface area contributed by atoms with Crippen molar-refractivity contribution in [3.8, 4) is 0 Å². The van der Waals surface area contributed by atoms with Gasteiger partial charge >= 0.3 is 10.0 Å². The van der Waals surface area contributed by atoms with Crippen molar-refractivity contribution >= 4 is 41.9 Å². The maximum Gasteiger partial charge on any atom is 0.328 e. The molecule has 3 aromatic carbocycles. The maximum atomic E-state index is 14.5. The largest absolute Gasteiger partial charge is 0.353 e. The Labute approximate surface area is 295 Å². The van der Waals surface area contributed by atoms with E-state index in [0.29, 0.717) is 0 Å². The SMILES string of the molecule is C=CC[N+]1(S(=O)(=O)c2ccc(C)cc2)CCN(S(=O)(=O)c2ccc(C)cc2)CCN(S(=O)(=O)c2ccc(C)cc2)CC(=O)NCCNC(=O)C1. The maximum absolute atomic E-state index is 14.5. The number of benzene rings is 3. The van der Waals surface area contributed by atoms with E-state index < -0.39 is 78.5 Å². The van der Waals surface area contributed by atoms with E-state index >= 15 is 0 Å². The fourth-order valence-corrected chi connectivity index (χ4v) is 10.2. The second-order valence-corrected chi connectivity index (χ2v) is 18.3. The van der Waals surface area contributed by atoms with Gasteiger partial charge < -0.3 is 10.6 Å². The lowest BCUT2D eigenvalue weighted by Crippen LogP contribution is -2.60. The Balaban J connectivity index is 1.85. The molecule has 270 valence electrons. The van der Waals surface area contributed by atoms with Crippen LogP contribution in [0.15, 0.2) is 100 Å². The molecule has 2 N–H and O–H groups in total. The van der Waals surface area contributed by atoms with E-state index in [9.17, 15) is 34.8 Å². The second kappa shape index (κ2) is 16.0. The summed E-state index contributed by atoms with van der Waals surface area (Å²) >= 11 is 0. The Morgan fingerprint density at radius 1 is 0.640 bits per heavy atom. The third-order valence-corrected chi connectivity index (χ3v) is 14.6. The summed E-state index contributed by atoms with van der Waals surface area (Å²) in [6.07, 6.45) is 1.36. The van der Waals surface area contributed by atoms with Crippen LogP contribution in [0, 0.1) is 20.8 Å². The minimum atomic E-state index is -4.36. The van der Waals surface area contributed by atoms with Crippen LogP contribution in [0.4, 0.5) is 0 Å². The van der Waals surface area contributed by atoms with Gasteiger partial charge in [-0.2, -0.15) is 17.0 Å². The number of hydrogen-bond donors (Lipinski definition) is 2. The van der Waals surface area contributed by atoms with Crippen molar-refractivity contribution < 1.29 is 38.7 Å². The molecular formula is C34H44N5O8S3+. The number of carbonyl (C=O) groups is 2. The summed E-state index contributed by atoms with van der Waals surface area (Å²) in [7, 11) is -13.0. The van der Waals surface area contributed by atoms with E-state index in [0.717, 1.165) is 25.3 Å². The van der Waals surface area contributed by atoms with Gasteiger partial charge in [-0.05, 0) is 63.2 Å². The van der Waals surface area contributed by atoms with Crippen molar-refractivity contribution in [3.05, 3.63) is 102 Å². The van der Waals surface area contributed by atoms with Crippen LogP contribution in [0.25, 0.3) is 0 Å². The van der Waals surface area contributed by atoms with Crippen LogP contribution in [0.5, 0.6) is 0 Å². The Bertz CT molecular complexity index is 2020. The number of quaternary nitrogens is 1. The van der Waals surface area contributed by atoms with Gasteiger partial charge in [0, 0.05) is 26.2 Å².